The maximum atomic E-state index is 12.0. The van der Waals surface area contributed by atoms with Gasteiger partial charge in [-0.2, -0.15) is 9.83 Å². The van der Waals surface area contributed by atoms with Crippen LogP contribution in [0.4, 0.5) is 5.69 Å². The van der Waals surface area contributed by atoms with E-state index in [2.05, 4.69) is 0 Å². The number of rotatable bonds is 4. The summed E-state index contributed by atoms with van der Waals surface area (Å²) in [5.41, 5.74) is 0.681. The topological polar surface area (TPSA) is 87.9 Å². The number of nitro benzene ring substituents is 1. The standard InChI is InChI=1S/C14H10N3O3.ClH/c15-9-11-4-6-16(7-5-11)10-14(18)12-2-1-3-13(8-12)17(19)20;/h1-8H,10H2;1H/q+1;/p-1. The number of pyridine rings is 1. The van der Waals surface area contributed by atoms with E-state index < -0.39 is 4.92 Å². The van der Waals surface area contributed by atoms with Crippen LogP contribution >= 0.6 is 0 Å². The average Bonchev–Trinajstić information content (AvgIpc) is 2.48. The number of benzene rings is 1. The molecule has 0 atom stereocenters. The number of nitriles is 1. The van der Waals surface area contributed by atoms with Crippen LogP contribution in [-0.4, -0.2) is 10.7 Å². The molecule has 7 heteroatoms. The zero-order chi connectivity index (χ0) is 14.5. The van der Waals surface area contributed by atoms with Crippen LogP contribution in [0.25, 0.3) is 0 Å². The van der Waals surface area contributed by atoms with Gasteiger partial charge in [-0.25, -0.2) is 0 Å². The van der Waals surface area contributed by atoms with Gasteiger partial charge in [-0.1, -0.05) is 12.1 Å². The molecule has 1 aromatic heterocycles. The Bertz CT molecular complexity index is 708. The van der Waals surface area contributed by atoms with Gasteiger partial charge in [0.1, 0.15) is 0 Å². The van der Waals surface area contributed by atoms with E-state index in [-0.39, 0.29) is 36.0 Å². The smallest absolute Gasteiger partial charge is 0.270 e. The fourth-order valence-corrected chi connectivity index (χ4v) is 1.69. The molecule has 0 spiro atoms. The lowest BCUT2D eigenvalue weighted by Crippen LogP contribution is -3.00. The number of aromatic nitrogens is 1. The molecule has 0 saturated heterocycles. The number of Topliss-reactive ketones (excluding diaryl/α,β-unsaturated/α-hetero) is 1. The Morgan fingerprint density at radius 2 is 1.95 bits per heavy atom. The highest BCUT2D eigenvalue weighted by Gasteiger charge is 2.15. The Morgan fingerprint density at radius 1 is 1.29 bits per heavy atom. The number of carbonyl (C=O) groups excluding carboxylic acids is 1. The van der Waals surface area contributed by atoms with Crippen LogP contribution in [0.1, 0.15) is 15.9 Å². The zero-order valence-corrected chi connectivity index (χ0v) is 11.5. The molecular weight excluding hydrogens is 294 g/mol. The molecule has 0 fully saturated rings. The minimum Gasteiger partial charge on any atom is -1.00 e. The summed E-state index contributed by atoms with van der Waals surface area (Å²) in [6, 6.07) is 10.8. The third kappa shape index (κ3) is 4.09. The summed E-state index contributed by atoms with van der Waals surface area (Å²) in [4.78, 5) is 22.2. The van der Waals surface area contributed by atoms with Gasteiger partial charge in [0.2, 0.25) is 12.3 Å². The molecule has 0 N–H and O–H groups in total. The van der Waals surface area contributed by atoms with Gasteiger partial charge in [0.25, 0.3) is 5.69 Å². The first-order valence-electron chi connectivity index (χ1n) is 5.77. The van der Waals surface area contributed by atoms with Crippen molar-refractivity contribution in [3.63, 3.8) is 0 Å². The average molecular weight is 304 g/mol. The van der Waals surface area contributed by atoms with Gasteiger partial charge < -0.3 is 12.4 Å². The molecule has 1 heterocycles. The first-order chi connectivity index (χ1) is 9.60. The number of carbonyl (C=O) groups is 1. The largest absolute Gasteiger partial charge is 1.00 e. The third-order valence-electron chi connectivity index (χ3n) is 2.73. The van der Waals surface area contributed by atoms with Crippen molar-refractivity contribution in [2.24, 2.45) is 0 Å². The Morgan fingerprint density at radius 3 is 2.52 bits per heavy atom. The number of non-ortho nitro benzene ring substituents is 1. The van der Waals surface area contributed by atoms with Gasteiger partial charge in [-0.15, -0.1) is 0 Å². The van der Waals surface area contributed by atoms with Gasteiger partial charge in [0, 0.05) is 29.8 Å². The van der Waals surface area contributed by atoms with Crippen LogP contribution in [0.5, 0.6) is 0 Å². The van der Waals surface area contributed by atoms with Gasteiger partial charge in [-0.3, -0.25) is 14.9 Å². The Kier molecular flexibility index (Phi) is 5.52. The van der Waals surface area contributed by atoms with E-state index in [1.54, 1.807) is 35.2 Å². The first-order valence-corrected chi connectivity index (χ1v) is 5.77. The number of halogens is 1. The third-order valence-corrected chi connectivity index (χ3v) is 2.73. The SMILES string of the molecule is N#Cc1cc[n+](CC(=O)c2cccc([N+](=O)[O-])c2)cc1.[Cl-]. The highest BCUT2D eigenvalue weighted by Crippen LogP contribution is 2.13. The van der Waals surface area contributed by atoms with E-state index in [0.29, 0.717) is 5.56 Å². The van der Waals surface area contributed by atoms with Crippen molar-refractivity contribution in [2.75, 3.05) is 0 Å². The van der Waals surface area contributed by atoms with Crippen molar-refractivity contribution in [3.8, 4) is 6.07 Å². The molecule has 2 rings (SSSR count). The molecule has 0 unspecified atom stereocenters. The van der Waals surface area contributed by atoms with E-state index in [9.17, 15) is 14.9 Å². The van der Waals surface area contributed by atoms with Crippen molar-refractivity contribution in [1.29, 1.82) is 5.26 Å². The number of hydrogen-bond donors (Lipinski definition) is 0. The lowest BCUT2D eigenvalue weighted by Gasteiger charge is -1.98. The first kappa shape index (κ1) is 16.3. The van der Waals surface area contributed by atoms with Crippen LogP contribution in [0.15, 0.2) is 48.8 Å². The maximum absolute atomic E-state index is 12.0. The molecule has 6 nitrogen and oxygen atoms in total. The fraction of sp³-hybridized carbons (Fsp3) is 0.0714. The van der Waals surface area contributed by atoms with Crippen LogP contribution in [0.3, 0.4) is 0 Å². The van der Waals surface area contributed by atoms with Crippen LogP contribution in [0, 0.1) is 21.4 Å². The van der Waals surface area contributed by atoms with Crippen molar-refractivity contribution < 1.29 is 26.7 Å². The van der Waals surface area contributed by atoms with Crippen molar-refractivity contribution in [3.05, 3.63) is 70.0 Å². The summed E-state index contributed by atoms with van der Waals surface area (Å²) in [7, 11) is 0. The Hall–Kier alpha value is -2.78. The highest BCUT2D eigenvalue weighted by molar-refractivity contribution is 5.95. The van der Waals surface area contributed by atoms with E-state index in [0.717, 1.165) is 0 Å². The summed E-state index contributed by atoms with van der Waals surface area (Å²) in [6.07, 6.45) is 3.24. The minimum atomic E-state index is -0.536. The molecule has 0 radical (unpaired) electrons. The summed E-state index contributed by atoms with van der Waals surface area (Å²) < 4.78 is 1.61. The van der Waals surface area contributed by atoms with Gasteiger partial charge in [0.15, 0.2) is 12.4 Å². The van der Waals surface area contributed by atoms with Gasteiger partial charge >= 0.3 is 0 Å². The molecule has 0 aliphatic rings. The second kappa shape index (κ2) is 7.12. The van der Waals surface area contributed by atoms with Crippen molar-refractivity contribution in [1.82, 2.24) is 0 Å². The zero-order valence-electron chi connectivity index (χ0n) is 10.8. The second-order valence-corrected chi connectivity index (χ2v) is 4.10. The maximum Gasteiger partial charge on any atom is 0.270 e. The summed E-state index contributed by atoms with van der Waals surface area (Å²) in [6.45, 7) is 0.0624. The van der Waals surface area contributed by atoms with Gasteiger partial charge in [-0.05, 0) is 0 Å². The summed E-state index contributed by atoms with van der Waals surface area (Å²) in [5.74, 6) is -0.233. The predicted molar refractivity (Wildman–Crippen MR) is 68.8 cm³/mol. The number of nitrogens with zero attached hydrogens (tertiary/aromatic N) is 3. The lowest BCUT2D eigenvalue weighted by molar-refractivity contribution is -0.683. The lowest BCUT2D eigenvalue weighted by atomic mass is 10.1. The van der Waals surface area contributed by atoms with E-state index in [1.807, 2.05) is 6.07 Å². The monoisotopic (exact) mass is 303 g/mol. The molecule has 2 aromatic rings. The molecule has 0 aliphatic carbocycles. The normalized spacial score (nSPS) is 9.29. The van der Waals surface area contributed by atoms with E-state index >= 15 is 0 Å². The summed E-state index contributed by atoms with van der Waals surface area (Å²) >= 11 is 0. The molecular formula is C14H10ClN3O3. The molecule has 106 valence electrons. The van der Waals surface area contributed by atoms with Crippen LogP contribution < -0.4 is 17.0 Å². The van der Waals surface area contributed by atoms with Gasteiger partial charge in [0.05, 0.1) is 16.6 Å². The molecule has 1 aromatic carbocycles. The number of hydrogen-bond acceptors (Lipinski definition) is 4. The number of ketones is 1. The molecule has 0 aliphatic heterocycles. The van der Waals surface area contributed by atoms with E-state index in [4.69, 9.17) is 5.26 Å². The summed E-state index contributed by atoms with van der Waals surface area (Å²) in [5, 5.41) is 19.3. The molecule has 0 saturated carbocycles. The number of nitro groups is 1. The quantitative estimate of drug-likeness (QED) is 0.302. The molecule has 21 heavy (non-hydrogen) atoms. The molecule has 0 amide bonds. The Labute approximate surface area is 126 Å². The van der Waals surface area contributed by atoms with E-state index in [1.165, 1.54) is 18.2 Å². The minimum absolute atomic E-state index is 0. The predicted octanol–water partition coefficient (Wildman–Crippen LogP) is -1.36. The van der Waals surface area contributed by atoms with Crippen LogP contribution in [0.2, 0.25) is 0 Å². The second-order valence-electron chi connectivity index (χ2n) is 4.10. The van der Waals surface area contributed by atoms with Crippen LogP contribution in [-0.2, 0) is 6.54 Å². The highest BCUT2D eigenvalue weighted by atomic mass is 35.5. The molecule has 0 bridgehead atoms. The van der Waals surface area contributed by atoms with Crippen molar-refractivity contribution in [2.45, 2.75) is 6.54 Å². The van der Waals surface area contributed by atoms with Crippen molar-refractivity contribution >= 4 is 11.5 Å². The fourth-order valence-electron chi connectivity index (χ4n) is 1.69. The Balaban J connectivity index is 0.00000220.